The van der Waals surface area contributed by atoms with Crippen LogP contribution in [0.3, 0.4) is 0 Å². The summed E-state index contributed by atoms with van der Waals surface area (Å²) in [6.07, 6.45) is -0.953. The van der Waals surface area contributed by atoms with Crippen LogP contribution in [0.1, 0.15) is 22.0 Å². The second-order valence-corrected chi connectivity index (χ2v) is 5.26. The Labute approximate surface area is 142 Å². The molecule has 2 aromatic rings. The molecule has 1 aliphatic rings. The molecule has 0 radical (unpaired) electrons. The number of esters is 2. The predicted octanol–water partition coefficient (Wildman–Crippen LogP) is 2.43. The number of benzene rings is 2. The fourth-order valence-electron chi connectivity index (χ4n) is 2.27. The average molecular weight is 343 g/mol. The van der Waals surface area contributed by atoms with E-state index in [0.29, 0.717) is 5.75 Å². The minimum absolute atomic E-state index is 0.106. The van der Waals surface area contributed by atoms with Gasteiger partial charge in [0.15, 0.2) is 6.10 Å². The number of carbonyl (C=O) groups is 2. The number of ether oxygens (including phenoxy) is 3. The molecule has 1 fully saturated rings. The molecule has 3 rings (SSSR count). The van der Waals surface area contributed by atoms with Crippen molar-refractivity contribution in [2.75, 3.05) is 7.11 Å². The van der Waals surface area contributed by atoms with Crippen molar-refractivity contribution in [3.05, 3.63) is 69.8 Å². The van der Waals surface area contributed by atoms with Crippen LogP contribution in [0.4, 0.5) is 5.69 Å². The van der Waals surface area contributed by atoms with Crippen molar-refractivity contribution in [2.45, 2.75) is 12.2 Å². The van der Waals surface area contributed by atoms with Gasteiger partial charge in [0.25, 0.3) is 5.69 Å². The summed E-state index contributed by atoms with van der Waals surface area (Å²) in [7, 11) is 1.29. The van der Waals surface area contributed by atoms with Crippen LogP contribution in [0, 0.1) is 10.1 Å². The van der Waals surface area contributed by atoms with Gasteiger partial charge in [0.1, 0.15) is 11.9 Å². The van der Waals surface area contributed by atoms with Gasteiger partial charge < -0.3 is 14.2 Å². The van der Waals surface area contributed by atoms with Gasteiger partial charge in [-0.2, -0.15) is 0 Å². The fourth-order valence-corrected chi connectivity index (χ4v) is 2.27. The number of nitrogens with zero attached hydrogens (tertiary/aromatic N) is 1. The van der Waals surface area contributed by atoms with Gasteiger partial charge in [-0.25, -0.2) is 9.59 Å². The van der Waals surface area contributed by atoms with E-state index in [1.54, 1.807) is 24.3 Å². The highest BCUT2D eigenvalue weighted by Crippen LogP contribution is 2.39. The van der Waals surface area contributed by atoms with Crippen molar-refractivity contribution in [1.82, 2.24) is 0 Å². The summed E-state index contributed by atoms with van der Waals surface area (Å²) in [6.45, 7) is 0. The third kappa shape index (κ3) is 3.64. The zero-order valence-electron chi connectivity index (χ0n) is 13.1. The monoisotopic (exact) mass is 343 g/mol. The molecule has 0 saturated carbocycles. The standard InChI is InChI=1S/C17H13NO7/c1-23-17(20)15-14(25-15)10-4-8-13(9-5-10)24-16(19)11-2-6-12(7-3-11)18(21)22/h2-9,14-15H,1H3/t14-,15+/m0/s1. The van der Waals surface area contributed by atoms with Gasteiger partial charge in [-0.15, -0.1) is 0 Å². The molecule has 8 nitrogen and oxygen atoms in total. The molecule has 2 atom stereocenters. The Bertz CT molecular complexity index is 814. The van der Waals surface area contributed by atoms with Crippen molar-refractivity contribution < 1.29 is 28.7 Å². The Morgan fingerprint density at radius 3 is 2.28 bits per heavy atom. The SMILES string of the molecule is COC(=O)[C@@H]1O[C@H]1c1ccc(OC(=O)c2ccc([N+](=O)[O-])cc2)cc1. The van der Waals surface area contributed by atoms with E-state index in [1.165, 1.54) is 31.4 Å². The number of rotatable bonds is 5. The molecule has 0 bridgehead atoms. The number of carbonyl (C=O) groups excluding carboxylic acids is 2. The maximum atomic E-state index is 12.0. The number of nitro groups is 1. The van der Waals surface area contributed by atoms with Crippen LogP contribution in [0.5, 0.6) is 5.75 Å². The molecule has 0 spiro atoms. The minimum Gasteiger partial charge on any atom is -0.467 e. The molecular weight excluding hydrogens is 330 g/mol. The molecule has 0 amide bonds. The topological polar surface area (TPSA) is 108 Å². The first-order valence-corrected chi connectivity index (χ1v) is 7.29. The van der Waals surface area contributed by atoms with Crippen LogP contribution in [0.2, 0.25) is 0 Å². The van der Waals surface area contributed by atoms with Gasteiger partial charge in [0.2, 0.25) is 0 Å². The highest BCUT2D eigenvalue weighted by atomic mass is 16.6. The van der Waals surface area contributed by atoms with Crippen LogP contribution in [-0.4, -0.2) is 30.1 Å². The number of epoxide rings is 1. The first-order valence-electron chi connectivity index (χ1n) is 7.29. The number of hydrogen-bond donors (Lipinski definition) is 0. The average Bonchev–Trinajstić information content (AvgIpc) is 3.42. The summed E-state index contributed by atoms with van der Waals surface area (Å²) in [4.78, 5) is 33.4. The van der Waals surface area contributed by atoms with Crippen LogP contribution in [0.25, 0.3) is 0 Å². The second-order valence-electron chi connectivity index (χ2n) is 5.26. The smallest absolute Gasteiger partial charge is 0.343 e. The Kier molecular flexibility index (Phi) is 4.44. The molecule has 0 unspecified atom stereocenters. The van der Waals surface area contributed by atoms with Gasteiger partial charge in [0, 0.05) is 12.1 Å². The van der Waals surface area contributed by atoms with Gasteiger partial charge in [0.05, 0.1) is 17.6 Å². The van der Waals surface area contributed by atoms with Crippen molar-refractivity contribution >= 4 is 17.6 Å². The highest BCUT2D eigenvalue weighted by molar-refractivity contribution is 5.91. The molecule has 25 heavy (non-hydrogen) atoms. The molecule has 128 valence electrons. The molecule has 1 heterocycles. The fraction of sp³-hybridized carbons (Fsp3) is 0.176. The molecule has 8 heteroatoms. The molecule has 0 aromatic heterocycles. The highest BCUT2D eigenvalue weighted by Gasteiger charge is 2.47. The van der Waals surface area contributed by atoms with Crippen LogP contribution < -0.4 is 4.74 Å². The lowest BCUT2D eigenvalue weighted by Gasteiger charge is -2.05. The predicted molar refractivity (Wildman–Crippen MR) is 84.1 cm³/mol. The minimum atomic E-state index is -0.627. The lowest BCUT2D eigenvalue weighted by atomic mass is 10.1. The Morgan fingerprint density at radius 2 is 1.72 bits per heavy atom. The lowest BCUT2D eigenvalue weighted by Crippen LogP contribution is -2.09. The zero-order valence-corrected chi connectivity index (χ0v) is 13.1. The zero-order chi connectivity index (χ0) is 18.0. The molecule has 1 saturated heterocycles. The van der Waals surface area contributed by atoms with Crippen LogP contribution >= 0.6 is 0 Å². The van der Waals surface area contributed by atoms with E-state index < -0.39 is 23.0 Å². The third-order valence-electron chi connectivity index (χ3n) is 3.66. The van der Waals surface area contributed by atoms with Gasteiger partial charge in [-0.1, -0.05) is 12.1 Å². The summed E-state index contributed by atoms with van der Waals surface area (Å²) in [6, 6.07) is 11.7. The van der Waals surface area contributed by atoms with E-state index in [1.807, 2.05) is 0 Å². The quantitative estimate of drug-likeness (QED) is 0.270. The number of hydrogen-bond acceptors (Lipinski definition) is 7. The second kappa shape index (κ2) is 6.70. The van der Waals surface area contributed by atoms with Gasteiger partial charge in [-0.05, 0) is 29.8 Å². The van der Waals surface area contributed by atoms with Crippen molar-refractivity contribution in [3.63, 3.8) is 0 Å². The van der Waals surface area contributed by atoms with Crippen LogP contribution in [0.15, 0.2) is 48.5 Å². The normalized spacial score (nSPS) is 18.3. The van der Waals surface area contributed by atoms with Gasteiger partial charge in [-0.3, -0.25) is 10.1 Å². The number of methoxy groups -OCH3 is 1. The largest absolute Gasteiger partial charge is 0.467 e. The Morgan fingerprint density at radius 1 is 1.08 bits per heavy atom. The van der Waals surface area contributed by atoms with Crippen molar-refractivity contribution in [1.29, 1.82) is 0 Å². The summed E-state index contributed by atoms with van der Waals surface area (Å²) in [5.41, 5.74) is 0.863. The van der Waals surface area contributed by atoms with E-state index in [2.05, 4.69) is 4.74 Å². The molecule has 1 aliphatic heterocycles. The molecule has 2 aromatic carbocycles. The first-order chi connectivity index (χ1) is 12.0. The third-order valence-corrected chi connectivity index (χ3v) is 3.66. The van der Waals surface area contributed by atoms with Crippen LogP contribution in [-0.2, 0) is 14.3 Å². The van der Waals surface area contributed by atoms with E-state index >= 15 is 0 Å². The summed E-state index contributed by atoms with van der Waals surface area (Å²) in [5, 5.41) is 10.6. The lowest BCUT2D eigenvalue weighted by molar-refractivity contribution is -0.384. The maximum absolute atomic E-state index is 12.0. The van der Waals surface area contributed by atoms with E-state index in [9.17, 15) is 19.7 Å². The van der Waals surface area contributed by atoms with E-state index in [0.717, 1.165) is 5.56 Å². The summed E-state index contributed by atoms with van der Waals surface area (Å²) >= 11 is 0. The number of nitro benzene ring substituents is 1. The summed E-state index contributed by atoms with van der Waals surface area (Å²) in [5.74, 6) is -0.751. The Hall–Kier alpha value is -3.26. The van der Waals surface area contributed by atoms with Crippen molar-refractivity contribution in [2.24, 2.45) is 0 Å². The van der Waals surface area contributed by atoms with E-state index in [-0.39, 0.29) is 17.4 Å². The molecular formula is C17H13NO7. The van der Waals surface area contributed by atoms with E-state index in [4.69, 9.17) is 9.47 Å². The van der Waals surface area contributed by atoms with Crippen molar-refractivity contribution in [3.8, 4) is 5.75 Å². The number of non-ortho nitro benzene ring substituents is 1. The first kappa shape index (κ1) is 16.6. The summed E-state index contributed by atoms with van der Waals surface area (Å²) < 4.78 is 15.0. The maximum Gasteiger partial charge on any atom is 0.343 e. The molecule has 0 aliphatic carbocycles. The van der Waals surface area contributed by atoms with Gasteiger partial charge >= 0.3 is 11.9 Å². The molecule has 0 N–H and O–H groups in total. The Balaban J connectivity index is 1.62.